The van der Waals surface area contributed by atoms with Crippen LogP contribution in [-0.2, 0) is 17.6 Å². The Morgan fingerprint density at radius 2 is 1.56 bits per heavy atom. The maximum atomic E-state index is 12.9. The van der Waals surface area contributed by atoms with Gasteiger partial charge in [-0.15, -0.1) is 11.3 Å². The molecule has 0 spiro atoms. The number of carbonyl (C=O) groups excluding carboxylic acids is 1. The predicted molar refractivity (Wildman–Crippen MR) is 94.7 cm³/mol. The smallest absolute Gasteiger partial charge is 0.226 e. The lowest BCUT2D eigenvalue weighted by Gasteiger charge is -2.02. The summed E-state index contributed by atoms with van der Waals surface area (Å²) in [7, 11) is 0. The van der Waals surface area contributed by atoms with E-state index in [9.17, 15) is 13.6 Å². The first kappa shape index (κ1) is 17.2. The van der Waals surface area contributed by atoms with Gasteiger partial charge in [-0.1, -0.05) is 24.3 Å². The summed E-state index contributed by atoms with van der Waals surface area (Å²) in [6.07, 6.45) is 3.20. The topological polar surface area (TPSA) is 42.0 Å². The number of carbonyl (C=O) groups is 1. The van der Waals surface area contributed by atoms with Gasteiger partial charge in [-0.05, 0) is 41.8 Å². The van der Waals surface area contributed by atoms with Gasteiger partial charge in [-0.3, -0.25) is 4.79 Å². The van der Waals surface area contributed by atoms with Crippen LogP contribution in [0.2, 0.25) is 0 Å². The lowest BCUT2D eigenvalue weighted by atomic mass is 10.1. The molecule has 3 nitrogen and oxygen atoms in total. The van der Waals surface area contributed by atoms with E-state index >= 15 is 0 Å². The molecule has 1 heterocycles. The van der Waals surface area contributed by atoms with Crippen molar-refractivity contribution in [3.8, 4) is 0 Å². The standard InChI is InChI=1S/C19H16F2N2OS/c20-15-6-1-13(2-7-15)5-10-18(24)23-19-22-12-17(25-19)11-14-3-8-16(21)9-4-14/h1-4,6-9,12H,5,10-11H2,(H,22,23,24). The molecule has 3 aromatic rings. The summed E-state index contributed by atoms with van der Waals surface area (Å²) < 4.78 is 25.8. The first-order valence-electron chi connectivity index (χ1n) is 7.82. The van der Waals surface area contributed by atoms with E-state index in [-0.39, 0.29) is 17.5 Å². The molecule has 6 heteroatoms. The van der Waals surface area contributed by atoms with Crippen molar-refractivity contribution in [3.05, 3.63) is 82.4 Å². The Morgan fingerprint density at radius 3 is 2.20 bits per heavy atom. The highest BCUT2D eigenvalue weighted by Crippen LogP contribution is 2.21. The van der Waals surface area contributed by atoms with Crippen molar-refractivity contribution in [1.29, 1.82) is 0 Å². The molecule has 0 aliphatic heterocycles. The number of aromatic nitrogens is 1. The van der Waals surface area contributed by atoms with Crippen LogP contribution >= 0.6 is 11.3 Å². The molecule has 1 N–H and O–H groups in total. The van der Waals surface area contributed by atoms with Crippen molar-refractivity contribution in [2.75, 3.05) is 5.32 Å². The zero-order valence-electron chi connectivity index (χ0n) is 13.3. The number of nitrogens with one attached hydrogen (secondary N) is 1. The van der Waals surface area contributed by atoms with Gasteiger partial charge in [0.1, 0.15) is 11.6 Å². The Morgan fingerprint density at radius 1 is 0.960 bits per heavy atom. The lowest BCUT2D eigenvalue weighted by molar-refractivity contribution is -0.116. The van der Waals surface area contributed by atoms with Crippen molar-refractivity contribution in [2.24, 2.45) is 0 Å². The SMILES string of the molecule is O=C(CCc1ccc(F)cc1)Nc1ncc(Cc2ccc(F)cc2)s1. The van der Waals surface area contributed by atoms with Gasteiger partial charge in [0.25, 0.3) is 0 Å². The van der Waals surface area contributed by atoms with E-state index in [1.165, 1.54) is 35.6 Å². The number of halogens is 2. The first-order valence-corrected chi connectivity index (χ1v) is 8.63. The monoisotopic (exact) mass is 358 g/mol. The number of aryl methyl sites for hydroxylation is 1. The Balaban J connectivity index is 1.51. The Bertz CT molecular complexity index is 845. The number of rotatable bonds is 6. The van der Waals surface area contributed by atoms with E-state index in [1.54, 1.807) is 30.5 Å². The molecule has 0 bridgehead atoms. The summed E-state index contributed by atoms with van der Waals surface area (Å²) in [6.45, 7) is 0. The molecule has 0 saturated heterocycles. The molecule has 2 aromatic carbocycles. The molecule has 25 heavy (non-hydrogen) atoms. The average Bonchev–Trinajstić information content (AvgIpc) is 3.03. The molecule has 0 unspecified atom stereocenters. The van der Waals surface area contributed by atoms with Gasteiger partial charge in [0.15, 0.2) is 5.13 Å². The molecule has 0 aliphatic rings. The maximum Gasteiger partial charge on any atom is 0.226 e. The summed E-state index contributed by atoms with van der Waals surface area (Å²) in [5.74, 6) is -0.682. The predicted octanol–water partition coefficient (Wildman–Crippen LogP) is 4.58. The van der Waals surface area contributed by atoms with E-state index in [4.69, 9.17) is 0 Å². The van der Waals surface area contributed by atoms with Gasteiger partial charge in [-0.25, -0.2) is 13.8 Å². The molecule has 3 rings (SSSR count). The van der Waals surface area contributed by atoms with Gasteiger partial charge in [0, 0.05) is 23.9 Å². The maximum absolute atomic E-state index is 12.9. The van der Waals surface area contributed by atoms with E-state index in [0.717, 1.165) is 16.0 Å². The summed E-state index contributed by atoms with van der Waals surface area (Å²) in [4.78, 5) is 17.2. The third-order valence-electron chi connectivity index (χ3n) is 3.65. The van der Waals surface area contributed by atoms with Crippen LogP contribution < -0.4 is 5.32 Å². The highest BCUT2D eigenvalue weighted by Gasteiger charge is 2.08. The third kappa shape index (κ3) is 5.19. The van der Waals surface area contributed by atoms with Gasteiger partial charge in [0.05, 0.1) is 0 Å². The number of benzene rings is 2. The average molecular weight is 358 g/mol. The summed E-state index contributed by atoms with van der Waals surface area (Å²) in [6, 6.07) is 12.4. The quantitative estimate of drug-likeness (QED) is 0.701. The van der Waals surface area contributed by atoms with E-state index in [0.29, 0.717) is 24.4 Å². The van der Waals surface area contributed by atoms with Crippen LogP contribution in [0.3, 0.4) is 0 Å². The molecular formula is C19H16F2N2OS. The molecule has 0 atom stereocenters. The van der Waals surface area contributed by atoms with Gasteiger partial charge >= 0.3 is 0 Å². The van der Waals surface area contributed by atoms with Crippen molar-refractivity contribution in [3.63, 3.8) is 0 Å². The third-order valence-corrected chi connectivity index (χ3v) is 4.56. The molecule has 1 aromatic heterocycles. The second kappa shape index (κ2) is 7.98. The number of hydrogen-bond acceptors (Lipinski definition) is 3. The minimum absolute atomic E-state index is 0.132. The molecule has 0 radical (unpaired) electrons. The van der Waals surface area contributed by atoms with E-state index < -0.39 is 0 Å². The second-order valence-corrected chi connectivity index (χ2v) is 6.72. The zero-order chi connectivity index (χ0) is 17.6. The normalized spacial score (nSPS) is 10.6. The minimum atomic E-state index is -0.287. The van der Waals surface area contributed by atoms with Crippen LogP contribution in [0.4, 0.5) is 13.9 Å². The number of anilines is 1. The van der Waals surface area contributed by atoms with Crippen molar-refractivity contribution in [1.82, 2.24) is 4.98 Å². The number of nitrogens with zero attached hydrogens (tertiary/aromatic N) is 1. The second-order valence-electron chi connectivity index (χ2n) is 5.61. The first-order chi connectivity index (χ1) is 12.1. The molecular weight excluding hydrogens is 342 g/mol. The van der Waals surface area contributed by atoms with Gasteiger partial charge in [0.2, 0.25) is 5.91 Å². The largest absolute Gasteiger partial charge is 0.302 e. The van der Waals surface area contributed by atoms with Crippen LogP contribution in [0.1, 0.15) is 22.4 Å². The van der Waals surface area contributed by atoms with Gasteiger partial charge < -0.3 is 5.32 Å². The highest BCUT2D eigenvalue weighted by atomic mass is 32.1. The van der Waals surface area contributed by atoms with Crippen LogP contribution in [-0.4, -0.2) is 10.9 Å². The van der Waals surface area contributed by atoms with E-state index in [2.05, 4.69) is 10.3 Å². The minimum Gasteiger partial charge on any atom is -0.302 e. The van der Waals surface area contributed by atoms with Crippen LogP contribution in [0.15, 0.2) is 54.7 Å². The molecule has 1 amide bonds. The van der Waals surface area contributed by atoms with E-state index in [1.807, 2.05) is 0 Å². The Hall–Kier alpha value is -2.60. The summed E-state index contributed by atoms with van der Waals surface area (Å²) >= 11 is 1.40. The molecule has 0 fully saturated rings. The number of amides is 1. The number of hydrogen-bond donors (Lipinski definition) is 1. The fourth-order valence-corrected chi connectivity index (χ4v) is 3.20. The van der Waals surface area contributed by atoms with Crippen molar-refractivity contribution >= 4 is 22.4 Å². The molecule has 0 saturated carbocycles. The highest BCUT2D eigenvalue weighted by molar-refractivity contribution is 7.15. The number of thiazole rings is 1. The Labute approximate surface area is 148 Å². The summed E-state index contributed by atoms with van der Waals surface area (Å²) in [5.41, 5.74) is 1.90. The van der Waals surface area contributed by atoms with Crippen LogP contribution in [0, 0.1) is 11.6 Å². The lowest BCUT2D eigenvalue weighted by Crippen LogP contribution is -2.11. The fourth-order valence-electron chi connectivity index (χ4n) is 2.34. The molecule has 128 valence electrons. The Kier molecular flexibility index (Phi) is 5.50. The fraction of sp³-hybridized carbons (Fsp3) is 0.158. The summed E-state index contributed by atoms with van der Waals surface area (Å²) in [5, 5.41) is 3.32. The molecule has 0 aliphatic carbocycles. The zero-order valence-corrected chi connectivity index (χ0v) is 14.2. The van der Waals surface area contributed by atoms with Crippen molar-refractivity contribution in [2.45, 2.75) is 19.3 Å². The van der Waals surface area contributed by atoms with Gasteiger partial charge in [-0.2, -0.15) is 0 Å². The van der Waals surface area contributed by atoms with Crippen LogP contribution in [0.25, 0.3) is 0 Å². The van der Waals surface area contributed by atoms with Crippen LogP contribution in [0.5, 0.6) is 0 Å². The van der Waals surface area contributed by atoms with Crippen molar-refractivity contribution < 1.29 is 13.6 Å².